The lowest BCUT2D eigenvalue weighted by Gasteiger charge is -2.11. The fourth-order valence-corrected chi connectivity index (χ4v) is 1.36. The zero-order valence-corrected chi connectivity index (χ0v) is 10.00. The van der Waals surface area contributed by atoms with Gasteiger partial charge in [0.05, 0.1) is 24.2 Å². The molecule has 0 heterocycles. The summed E-state index contributed by atoms with van der Waals surface area (Å²) >= 11 is 0. The third-order valence-electron chi connectivity index (χ3n) is 2.21. The maximum absolute atomic E-state index is 10.8. The molecule has 0 aromatic heterocycles. The zero-order valence-electron chi connectivity index (χ0n) is 10.00. The van der Waals surface area contributed by atoms with Gasteiger partial charge >= 0.3 is 0 Å². The van der Waals surface area contributed by atoms with Crippen molar-refractivity contribution in [1.29, 1.82) is 0 Å². The van der Waals surface area contributed by atoms with Gasteiger partial charge in [-0.1, -0.05) is 0 Å². The third-order valence-corrected chi connectivity index (χ3v) is 2.21. The van der Waals surface area contributed by atoms with Gasteiger partial charge in [-0.3, -0.25) is 10.1 Å². The number of nitro benzene ring substituents is 1. The monoisotopic (exact) mass is 256 g/mol. The Labute approximate surface area is 104 Å². The molecule has 0 spiro atoms. The number of ether oxygens (including phenoxy) is 1. The Kier molecular flexibility index (Phi) is 5.34. The standard InChI is InChI=1S/C11H16N2O5/c1-2-18-9-3-4-11(13(16)17)10(5-9)12-6-8(15)7-14/h3-5,8,12,14-15H,2,6-7H2,1H3. The van der Waals surface area contributed by atoms with E-state index in [0.29, 0.717) is 12.4 Å². The van der Waals surface area contributed by atoms with E-state index < -0.39 is 17.6 Å². The second-order valence-electron chi connectivity index (χ2n) is 3.59. The normalized spacial score (nSPS) is 11.9. The van der Waals surface area contributed by atoms with Crippen LogP contribution in [0.15, 0.2) is 18.2 Å². The van der Waals surface area contributed by atoms with Crippen molar-refractivity contribution in [3.8, 4) is 5.75 Å². The fourth-order valence-electron chi connectivity index (χ4n) is 1.36. The maximum atomic E-state index is 10.8. The minimum atomic E-state index is -0.972. The molecule has 1 atom stereocenters. The highest BCUT2D eigenvalue weighted by Gasteiger charge is 2.15. The zero-order chi connectivity index (χ0) is 13.5. The molecule has 1 unspecified atom stereocenters. The van der Waals surface area contributed by atoms with Gasteiger partial charge in [-0.05, 0) is 13.0 Å². The highest BCUT2D eigenvalue weighted by atomic mass is 16.6. The first-order valence-corrected chi connectivity index (χ1v) is 5.52. The van der Waals surface area contributed by atoms with Crippen molar-refractivity contribution >= 4 is 11.4 Å². The lowest BCUT2D eigenvalue weighted by molar-refractivity contribution is -0.384. The minimum Gasteiger partial charge on any atom is -0.494 e. The molecule has 0 fully saturated rings. The summed E-state index contributed by atoms with van der Waals surface area (Å²) in [6.07, 6.45) is -0.972. The molecular weight excluding hydrogens is 240 g/mol. The Bertz CT molecular complexity index is 410. The van der Waals surface area contributed by atoms with Crippen LogP contribution in [-0.2, 0) is 0 Å². The first-order valence-electron chi connectivity index (χ1n) is 5.52. The predicted octanol–water partition coefficient (Wildman–Crippen LogP) is 0.759. The van der Waals surface area contributed by atoms with Crippen molar-refractivity contribution in [2.45, 2.75) is 13.0 Å². The number of nitrogens with one attached hydrogen (secondary N) is 1. The van der Waals surface area contributed by atoms with E-state index in [-0.39, 0.29) is 17.9 Å². The van der Waals surface area contributed by atoms with Crippen LogP contribution in [0.4, 0.5) is 11.4 Å². The summed E-state index contributed by atoms with van der Waals surface area (Å²) in [7, 11) is 0. The van der Waals surface area contributed by atoms with Crippen LogP contribution in [0.2, 0.25) is 0 Å². The molecule has 18 heavy (non-hydrogen) atoms. The van der Waals surface area contributed by atoms with Gasteiger partial charge in [0.1, 0.15) is 11.4 Å². The molecule has 1 aromatic rings. The second-order valence-corrected chi connectivity index (χ2v) is 3.59. The molecule has 1 aromatic carbocycles. The summed E-state index contributed by atoms with van der Waals surface area (Å²) in [4.78, 5) is 10.3. The fraction of sp³-hybridized carbons (Fsp3) is 0.455. The van der Waals surface area contributed by atoms with Gasteiger partial charge in [-0.15, -0.1) is 0 Å². The second kappa shape index (κ2) is 6.77. The third kappa shape index (κ3) is 3.86. The van der Waals surface area contributed by atoms with Crippen LogP contribution >= 0.6 is 0 Å². The van der Waals surface area contributed by atoms with Crippen LogP contribution in [0.1, 0.15) is 6.92 Å². The summed E-state index contributed by atoms with van der Waals surface area (Å²) in [6, 6.07) is 4.33. The summed E-state index contributed by atoms with van der Waals surface area (Å²) in [5.41, 5.74) is 0.141. The average Bonchev–Trinajstić information content (AvgIpc) is 2.36. The van der Waals surface area contributed by atoms with Crippen LogP contribution in [0, 0.1) is 10.1 Å². The smallest absolute Gasteiger partial charge is 0.292 e. The van der Waals surface area contributed by atoms with Gasteiger partial charge in [-0.25, -0.2) is 0 Å². The number of nitrogens with zero attached hydrogens (tertiary/aromatic N) is 1. The Balaban J connectivity index is 2.89. The summed E-state index contributed by atoms with van der Waals surface area (Å²) in [5.74, 6) is 0.504. The Morgan fingerprint density at radius 1 is 1.56 bits per heavy atom. The van der Waals surface area contributed by atoms with Crippen LogP contribution in [0.5, 0.6) is 5.75 Å². The SMILES string of the molecule is CCOc1ccc([N+](=O)[O-])c(NCC(O)CO)c1. The van der Waals surface area contributed by atoms with Gasteiger partial charge in [0.15, 0.2) is 0 Å². The van der Waals surface area contributed by atoms with Gasteiger partial charge < -0.3 is 20.3 Å². The molecule has 7 nitrogen and oxygen atoms in total. The van der Waals surface area contributed by atoms with E-state index in [1.807, 2.05) is 6.92 Å². The van der Waals surface area contributed by atoms with Crippen LogP contribution in [0.3, 0.4) is 0 Å². The summed E-state index contributed by atoms with van der Waals surface area (Å²) in [5, 5.41) is 31.4. The summed E-state index contributed by atoms with van der Waals surface area (Å²) in [6.45, 7) is 1.87. The minimum absolute atomic E-state index is 0.0208. The maximum Gasteiger partial charge on any atom is 0.292 e. The molecule has 0 amide bonds. The van der Waals surface area contributed by atoms with Gasteiger partial charge in [0, 0.05) is 18.7 Å². The van der Waals surface area contributed by atoms with E-state index in [1.165, 1.54) is 18.2 Å². The molecule has 0 saturated carbocycles. The molecule has 7 heteroatoms. The molecule has 0 aliphatic carbocycles. The number of aliphatic hydroxyl groups is 2. The number of aliphatic hydroxyl groups excluding tert-OH is 2. The van der Waals surface area contributed by atoms with Crippen molar-refractivity contribution in [2.75, 3.05) is 25.1 Å². The number of hydrogen-bond acceptors (Lipinski definition) is 6. The van der Waals surface area contributed by atoms with Crippen molar-refractivity contribution in [3.63, 3.8) is 0 Å². The van der Waals surface area contributed by atoms with Gasteiger partial charge in [0.25, 0.3) is 5.69 Å². The molecule has 0 saturated heterocycles. The van der Waals surface area contributed by atoms with Crippen molar-refractivity contribution in [1.82, 2.24) is 0 Å². The number of rotatable bonds is 7. The molecule has 3 N–H and O–H groups in total. The highest BCUT2D eigenvalue weighted by molar-refractivity contribution is 5.64. The van der Waals surface area contributed by atoms with Crippen LogP contribution < -0.4 is 10.1 Å². The van der Waals surface area contributed by atoms with E-state index in [0.717, 1.165) is 0 Å². The quantitative estimate of drug-likeness (QED) is 0.491. The molecule has 0 aliphatic heterocycles. The van der Waals surface area contributed by atoms with Crippen LogP contribution in [-0.4, -0.2) is 41.0 Å². The largest absolute Gasteiger partial charge is 0.494 e. The molecule has 100 valence electrons. The molecule has 0 bridgehead atoms. The van der Waals surface area contributed by atoms with E-state index in [4.69, 9.17) is 9.84 Å². The molecular formula is C11H16N2O5. The molecule has 0 radical (unpaired) electrons. The average molecular weight is 256 g/mol. The first-order chi connectivity index (χ1) is 8.58. The molecule has 1 rings (SSSR count). The van der Waals surface area contributed by atoms with Gasteiger partial charge in [-0.2, -0.15) is 0 Å². The van der Waals surface area contributed by atoms with E-state index in [1.54, 1.807) is 0 Å². The van der Waals surface area contributed by atoms with Crippen molar-refractivity contribution in [2.24, 2.45) is 0 Å². The first kappa shape index (κ1) is 14.2. The Hall–Kier alpha value is -1.86. The van der Waals surface area contributed by atoms with Crippen molar-refractivity contribution < 1.29 is 19.9 Å². The Morgan fingerprint density at radius 3 is 2.83 bits per heavy atom. The summed E-state index contributed by atoms with van der Waals surface area (Å²) < 4.78 is 5.24. The lowest BCUT2D eigenvalue weighted by Crippen LogP contribution is -2.23. The number of anilines is 1. The number of hydrogen-bond donors (Lipinski definition) is 3. The number of nitro groups is 1. The topological polar surface area (TPSA) is 105 Å². The lowest BCUT2D eigenvalue weighted by atomic mass is 10.2. The highest BCUT2D eigenvalue weighted by Crippen LogP contribution is 2.28. The predicted molar refractivity (Wildman–Crippen MR) is 65.8 cm³/mol. The van der Waals surface area contributed by atoms with E-state index in [2.05, 4.69) is 5.32 Å². The van der Waals surface area contributed by atoms with Gasteiger partial charge in [0.2, 0.25) is 0 Å². The van der Waals surface area contributed by atoms with Crippen LogP contribution in [0.25, 0.3) is 0 Å². The van der Waals surface area contributed by atoms with E-state index >= 15 is 0 Å². The van der Waals surface area contributed by atoms with E-state index in [9.17, 15) is 15.2 Å². The van der Waals surface area contributed by atoms with Crippen molar-refractivity contribution in [3.05, 3.63) is 28.3 Å². The number of benzene rings is 1. The molecule has 0 aliphatic rings. The Morgan fingerprint density at radius 2 is 2.28 bits per heavy atom.